The summed E-state index contributed by atoms with van der Waals surface area (Å²) in [6, 6.07) is 0.776. The van der Waals surface area contributed by atoms with E-state index in [9.17, 15) is 0 Å². The van der Waals surface area contributed by atoms with Crippen molar-refractivity contribution >= 4 is 5.96 Å². The van der Waals surface area contributed by atoms with Gasteiger partial charge in [-0.3, -0.25) is 9.89 Å². The predicted molar refractivity (Wildman–Crippen MR) is 79.8 cm³/mol. The lowest BCUT2D eigenvalue weighted by Gasteiger charge is -2.38. The molecule has 19 heavy (non-hydrogen) atoms. The molecule has 112 valence electrons. The molecule has 2 unspecified atom stereocenters. The number of nitrogens with one attached hydrogen (secondary N) is 2. The molecule has 1 saturated heterocycles. The molecule has 1 rings (SSSR count). The number of guanidine groups is 1. The van der Waals surface area contributed by atoms with Crippen molar-refractivity contribution in [2.45, 2.75) is 19.0 Å². The van der Waals surface area contributed by atoms with Crippen LogP contribution in [0.1, 0.15) is 6.92 Å². The minimum atomic E-state index is 0.253. The van der Waals surface area contributed by atoms with Crippen molar-refractivity contribution in [3.05, 3.63) is 0 Å². The third kappa shape index (κ3) is 5.76. The largest absolute Gasteiger partial charge is 0.383 e. The number of nitrogens with zero attached hydrogens (tertiary/aromatic N) is 3. The summed E-state index contributed by atoms with van der Waals surface area (Å²) in [7, 11) is 7.86. The molecule has 0 aromatic carbocycles. The fourth-order valence-corrected chi connectivity index (χ4v) is 2.26. The normalized spacial score (nSPS) is 24.3. The van der Waals surface area contributed by atoms with Gasteiger partial charge in [0.1, 0.15) is 0 Å². The van der Waals surface area contributed by atoms with Crippen molar-refractivity contribution in [2.75, 3.05) is 61.0 Å². The van der Waals surface area contributed by atoms with Gasteiger partial charge in [-0.2, -0.15) is 0 Å². The van der Waals surface area contributed by atoms with E-state index in [1.54, 1.807) is 14.2 Å². The Bertz CT molecular complexity index is 284. The molecule has 0 saturated carbocycles. The molecule has 0 bridgehead atoms. The molecule has 1 aliphatic heterocycles. The van der Waals surface area contributed by atoms with Crippen molar-refractivity contribution in [2.24, 2.45) is 4.99 Å². The van der Waals surface area contributed by atoms with Gasteiger partial charge in [-0.05, 0) is 21.0 Å². The highest BCUT2D eigenvalue weighted by Crippen LogP contribution is 2.04. The fraction of sp³-hybridized carbons (Fsp3) is 0.923. The average Bonchev–Trinajstić information content (AvgIpc) is 2.38. The van der Waals surface area contributed by atoms with Crippen LogP contribution in [0.5, 0.6) is 0 Å². The molecule has 6 nitrogen and oxygen atoms in total. The highest BCUT2D eigenvalue weighted by molar-refractivity contribution is 5.79. The molecular weight excluding hydrogens is 242 g/mol. The third-order valence-corrected chi connectivity index (χ3v) is 3.51. The topological polar surface area (TPSA) is 52.1 Å². The Morgan fingerprint density at radius 2 is 2.16 bits per heavy atom. The summed E-state index contributed by atoms with van der Waals surface area (Å²) >= 11 is 0. The summed E-state index contributed by atoms with van der Waals surface area (Å²) in [5, 5.41) is 6.71. The molecule has 6 heteroatoms. The summed E-state index contributed by atoms with van der Waals surface area (Å²) in [5.74, 6) is 0.839. The van der Waals surface area contributed by atoms with E-state index in [1.807, 2.05) is 0 Å². The summed E-state index contributed by atoms with van der Waals surface area (Å²) in [6.45, 7) is 7.01. The Morgan fingerprint density at radius 1 is 1.42 bits per heavy atom. The number of likely N-dealkylation sites (N-methyl/N-ethyl adjacent to an activating group) is 2. The second-order valence-electron chi connectivity index (χ2n) is 5.35. The lowest BCUT2D eigenvalue weighted by Crippen LogP contribution is -2.56. The molecule has 1 aliphatic rings. The average molecular weight is 271 g/mol. The smallest absolute Gasteiger partial charge is 0.191 e. The van der Waals surface area contributed by atoms with Gasteiger partial charge in [0, 0.05) is 52.4 Å². The second kappa shape index (κ2) is 8.35. The van der Waals surface area contributed by atoms with Gasteiger partial charge in [-0.15, -0.1) is 0 Å². The van der Waals surface area contributed by atoms with Gasteiger partial charge in [-0.25, -0.2) is 0 Å². The Hall–Kier alpha value is -0.850. The molecule has 0 aliphatic carbocycles. The van der Waals surface area contributed by atoms with Crippen molar-refractivity contribution in [1.29, 1.82) is 0 Å². The molecule has 0 aromatic heterocycles. The summed E-state index contributed by atoms with van der Waals surface area (Å²) < 4.78 is 5.11. The molecule has 0 radical (unpaired) electrons. The third-order valence-electron chi connectivity index (χ3n) is 3.51. The standard InChI is InChI=1S/C13H29N5O/c1-11(10-19-5)16-13(14-2)15-8-12-9-17(3)6-7-18(12)4/h11-12H,6-10H2,1-5H3,(H2,14,15,16). The zero-order valence-electron chi connectivity index (χ0n) is 12.9. The lowest BCUT2D eigenvalue weighted by molar-refractivity contribution is 0.116. The molecule has 1 heterocycles. The number of piperazine rings is 1. The number of rotatable bonds is 5. The van der Waals surface area contributed by atoms with E-state index in [1.165, 1.54) is 0 Å². The predicted octanol–water partition coefficient (Wildman–Crippen LogP) is -0.568. The molecule has 2 N–H and O–H groups in total. The zero-order chi connectivity index (χ0) is 14.3. The number of methoxy groups -OCH3 is 1. The van der Waals surface area contributed by atoms with Gasteiger partial charge < -0.3 is 20.3 Å². The van der Waals surface area contributed by atoms with Crippen LogP contribution in [-0.4, -0.2) is 88.9 Å². The molecular formula is C13H29N5O. The minimum Gasteiger partial charge on any atom is -0.383 e. The molecule has 2 atom stereocenters. The van der Waals surface area contributed by atoms with Crippen LogP contribution in [0.2, 0.25) is 0 Å². The quantitative estimate of drug-likeness (QED) is 0.518. The van der Waals surface area contributed by atoms with Crippen molar-refractivity contribution < 1.29 is 4.74 Å². The maximum absolute atomic E-state index is 5.11. The first-order chi connectivity index (χ1) is 9.06. The lowest BCUT2D eigenvalue weighted by atomic mass is 10.2. The number of aliphatic imine (C=N–C) groups is 1. The van der Waals surface area contributed by atoms with E-state index in [2.05, 4.69) is 46.4 Å². The summed E-state index contributed by atoms with van der Waals surface area (Å²) in [5.41, 5.74) is 0. The van der Waals surface area contributed by atoms with Gasteiger partial charge in [0.15, 0.2) is 5.96 Å². The monoisotopic (exact) mass is 271 g/mol. The number of ether oxygens (including phenoxy) is 1. The Labute approximate surface area is 117 Å². The van der Waals surface area contributed by atoms with Gasteiger partial charge in [0.05, 0.1) is 6.61 Å². The van der Waals surface area contributed by atoms with Gasteiger partial charge >= 0.3 is 0 Å². The van der Waals surface area contributed by atoms with Gasteiger partial charge in [-0.1, -0.05) is 0 Å². The van der Waals surface area contributed by atoms with Gasteiger partial charge in [0.2, 0.25) is 0 Å². The zero-order valence-corrected chi connectivity index (χ0v) is 12.9. The molecule has 0 amide bonds. The maximum Gasteiger partial charge on any atom is 0.191 e. The van der Waals surface area contributed by atoms with Crippen molar-refractivity contribution in [1.82, 2.24) is 20.4 Å². The molecule has 0 aromatic rings. The Morgan fingerprint density at radius 3 is 2.79 bits per heavy atom. The Balaban J connectivity index is 2.36. The number of hydrogen-bond acceptors (Lipinski definition) is 4. The van der Waals surface area contributed by atoms with Gasteiger partial charge in [0.25, 0.3) is 0 Å². The van der Waals surface area contributed by atoms with Crippen LogP contribution in [-0.2, 0) is 4.74 Å². The maximum atomic E-state index is 5.11. The second-order valence-corrected chi connectivity index (χ2v) is 5.35. The number of hydrogen-bond donors (Lipinski definition) is 2. The van der Waals surface area contributed by atoms with E-state index in [4.69, 9.17) is 4.74 Å². The van der Waals surface area contributed by atoms with Crippen LogP contribution in [0, 0.1) is 0 Å². The van der Waals surface area contributed by atoms with E-state index >= 15 is 0 Å². The van der Waals surface area contributed by atoms with Crippen molar-refractivity contribution in [3.63, 3.8) is 0 Å². The van der Waals surface area contributed by atoms with Crippen LogP contribution in [0.3, 0.4) is 0 Å². The van der Waals surface area contributed by atoms with E-state index in [0.717, 1.165) is 32.1 Å². The fourth-order valence-electron chi connectivity index (χ4n) is 2.26. The van der Waals surface area contributed by atoms with Crippen LogP contribution in [0.4, 0.5) is 0 Å². The Kier molecular flexibility index (Phi) is 7.12. The summed E-state index contributed by atoms with van der Waals surface area (Å²) in [4.78, 5) is 9.02. The van der Waals surface area contributed by atoms with E-state index in [0.29, 0.717) is 12.6 Å². The molecule has 1 fully saturated rings. The summed E-state index contributed by atoms with van der Waals surface area (Å²) in [6.07, 6.45) is 0. The van der Waals surface area contributed by atoms with Crippen molar-refractivity contribution in [3.8, 4) is 0 Å². The van der Waals surface area contributed by atoms with Crippen LogP contribution >= 0.6 is 0 Å². The van der Waals surface area contributed by atoms with Crippen LogP contribution in [0.25, 0.3) is 0 Å². The van der Waals surface area contributed by atoms with E-state index < -0.39 is 0 Å². The first-order valence-corrected chi connectivity index (χ1v) is 6.91. The molecule has 0 spiro atoms. The highest BCUT2D eigenvalue weighted by atomic mass is 16.5. The minimum absolute atomic E-state index is 0.253. The first kappa shape index (κ1) is 16.2. The van der Waals surface area contributed by atoms with Crippen LogP contribution in [0.15, 0.2) is 4.99 Å². The van der Waals surface area contributed by atoms with E-state index in [-0.39, 0.29) is 6.04 Å². The van der Waals surface area contributed by atoms with Crippen LogP contribution < -0.4 is 10.6 Å². The first-order valence-electron chi connectivity index (χ1n) is 6.91. The highest BCUT2D eigenvalue weighted by Gasteiger charge is 2.22. The SMILES string of the molecule is CN=C(NCC1CN(C)CCN1C)NC(C)COC.